The van der Waals surface area contributed by atoms with Crippen molar-refractivity contribution in [3.05, 3.63) is 57.8 Å². The van der Waals surface area contributed by atoms with Gasteiger partial charge in [0.1, 0.15) is 10.8 Å². The van der Waals surface area contributed by atoms with Crippen molar-refractivity contribution in [2.75, 3.05) is 5.32 Å². The van der Waals surface area contributed by atoms with Crippen molar-refractivity contribution < 1.29 is 4.79 Å². The standard InChI is InChI=1S/C15H14Cl2N2O/c1-2-5-10-6-3-4-7-12(10)18-15(20)14-11(16)8-9-13(17)19-14/h3-4,6-9H,2,5H2,1H3,(H,18,20). The van der Waals surface area contributed by atoms with Crippen LogP contribution in [0.25, 0.3) is 0 Å². The molecule has 0 aliphatic heterocycles. The van der Waals surface area contributed by atoms with Gasteiger partial charge in [0.05, 0.1) is 5.02 Å². The molecule has 0 bridgehead atoms. The maximum atomic E-state index is 12.2. The first-order valence-corrected chi connectivity index (χ1v) is 7.08. The van der Waals surface area contributed by atoms with Gasteiger partial charge in [0.2, 0.25) is 0 Å². The van der Waals surface area contributed by atoms with E-state index in [4.69, 9.17) is 23.2 Å². The number of aryl methyl sites for hydroxylation is 1. The number of anilines is 1. The molecule has 1 heterocycles. The van der Waals surface area contributed by atoms with Crippen LogP contribution in [0.4, 0.5) is 5.69 Å². The molecule has 0 aliphatic carbocycles. The summed E-state index contributed by atoms with van der Waals surface area (Å²) in [4.78, 5) is 16.2. The van der Waals surface area contributed by atoms with Gasteiger partial charge < -0.3 is 5.32 Å². The van der Waals surface area contributed by atoms with Crippen molar-refractivity contribution in [2.24, 2.45) is 0 Å². The van der Waals surface area contributed by atoms with Crippen LogP contribution in [-0.2, 0) is 6.42 Å². The molecule has 2 rings (SSSR count). The Bertz CT molecular complexity index is 629. The van der Waals surface area contributed by atoms with E-state index in [0.29, 0.717) is 0 Å². The first kappa shape index (κ1) is 14.8. The third-order valence-corrected chi connectivity index (χ3v) is 3.33. The van der Waals surface area contributed by atoms with Gasteiger partial charge in [-0.3, -0.25) is 4.79 Å². The fourth-order valence-electron chi connectivity index (χ4n) is 1.89. The van der Waals surface area contributed by atoms with Crippen molar-refractivity contribution in [3.8, 4) is 0 Å². The Kier molecular flexibility index (Phi) is 4.99. The van der Waals surface area contributed by atoms with E-state index in [1.165, 1.54) is 0 Å². The summed E-state index contributed by atoms with van der Waals surface area (Å²) in [5.74, 6) is -0.360. The number of nitrogens with one attached hydrogen (secondary N) is 1. The van der Waals surface area contributed by atoms with Gasteiger partial charge in [-0.05, 0) is 30.2 Å². The average Bonchev–Trinajstić information content (AvgIpc) is 2.44. The quantitative estimate of drug-likeness (QED) is 0.839. The highest BCUT2D eigenvalue weighted by molar-refractivity contribution is 6.35. The molecule has 5 heteroatoms. The lowest BCUT2D eigenvalue weighted by Gasteiger charge is -2.10. The van der Waals surface area contributed by atoms with Gasteiger partial charge in [-0.25, -0.2) is 4.98 Å². The summed E-state index contributed by atoms with van der Waals surface area (Å²) in [5, 5.41) is 3.35. The first-order valence-electron chi connectivity index (χ1n) is 6.33. The van der Waals surface area contributed by atoms with Crippen LogP contribution < -0.4 is 5.32 Å². The number of benzene rings is 1. The van der Waals surface area contributed by atoms with E-state index in [9.17, 15) is 4.79 Å². The normalized spacial score (nSPS) is 10.3. The highest BCUT2D eigenvalue weighted by Gasteiger charge is 2.14. The van der Waals surface area contributed by atoms with Crippen LogP contribution in [0.5, 0.6) is 0 Å². The molecule has 20 heavy (non-hydrogen) atoms. The molecular weight excluding hydrogens is 295 g/mol. The predicted octanol–water partition coefficient (Wildman–Crippen LogP) is 4.59. The maximum Gasteiger partial charge on any atom is 0.275 e. The molecule has 2 aromatic rings. The molecule has 0 spiro atoms. The zero-order chi connectivity index (χ0) is 14.5. The fraction of sp³-hybridized carbons (Fsp3) is 0.200. The Morgan fingerprint density at radius 3 is 2.70 bits per heavy atom. The molecule has 3 nitrogen and oxygen atoms in total. The third kappa shape index (κ3) is 3.50. The Hall–Kier alpha value is -1.58. The van der Waals surface area contributed by atoms with Gasteiger partial charge in [-0.1, -0.05) is 54.7 Å². The Labute approximate surface area is 127 Å². The second kappa shape index (κ2) is 6.73. The molecule has 0 saturated carbocycles. The molecule has 0 aliphatic rings. The van der Waals surface area contributed by atoms with Gasteiger partial charge in [-0.2, -0.15) is 0 Å². The summed E-state index contributed by atoms with van der Waals surface area (Å²) in [5.41, 5.74) is 1.99. The van der Waals surface area contributed by atoms with E-state index < -0.39 is 0 Å². The SMILES string of the molecule is CCCc1ccccc1NC(=O)c1nc(Cl)ccc1Cl. The first-order chi connectivity index (χ1) is 9.61. The summed E-state index contributed by atoms with van der Waals surface area (Å²) in [6.07, 6.45) is 1.90. The van der Waals surface area contributed by atoms with Gasteiger partial charge in [-0.15, -0.1) is 0 Å². The Balaban J connectivity index is 2.26. The van der Waals surface area contributed by atoms with E-state index in [0.717, 1.165) is 24.1 Å². The monoisotopic (exact) mass is 308 g/mol. The van der Waals surface area contributed by atoms with E-state index in [1.54, 1.807) is 12.1 Å². The summed E-state index contributed by atoms with van der Waals surface area (Å²) in [6.45, 7) is 2.09. The van der Waals surface area contributed by atoms with E-state index >= 15 is 0 Å². The minimum atomic E-state index is -0.360. The lowest BCUT2D eigenvalue weighted by atomic mass is 10.1. The van der Waals surface area contributed by atoms with Crippen molar-refractivity contribution in [2.45, 2.75) is 19.8 Å². The van der Waals surface area contributed by atoms with Crippen molar-refractivity contribution in [1.82, 2.24) is 4.98 Å². The zero-order valence-electron chi connectivity index (χ0n) is 11.0. The minimum absolute atomic E-state index is 0.130. The second-order valence-corrected chi connectivity index (χ2v) is 5.12. The van der Waals surface area contributed by atoms with Crippen molar-refractivity contribution >= 4 is 34.8 Å². The van der Waals surface area contributed by atoms with Crippen LogP contribution in [0.2, 0.25) is 10.2 Å². The predicted molar refractivity (Wildman–Crippen MR) is 82.6 cm³/mol. The number of hydrogen-bond acceptors (Lipinski definition) is 2. The molecule has 104 valence electrons. The largest absolute Gasteiger partial charge is 0.320 e. The van der Waals surface area contributed by atoms with Crippen LogP contribution in [-0.4, -0.2) is 10.9 Å². The van der Waals surface area contributed by atoms with Gasteiger partial charge in [0.25, 0.3) is 5.91 Å². The van der Waals surface area contributed by atoms with Crippen LogP contribution in [0.15, 0.2) is 36.4 Å². The molecule has 1 aromatic carbocycles. The maximum absolute atomic E-state index is 12.2. The smallest absolute Gasteiger partial charge is 0.275 e. The molecule has 0 fully saturated rings. The number of para-hydroxylation sites is 1. The number of nitrogens with zero attached hydrogens (tertiary/aromatic N) is 1. The lowest BCUT2D eigenvalue weighted by Crippen LogP contribution is -2.15. The average molecular weight is 309 g/mol. The number of amides is 1. The Morgan fingerprint density at radius 1 is 1.20 bits per heavy atom. The number of halogens is 2. The molecule has 0 unspecified atom stereocenters. The van der Waals surface area contributed by atoms with Crippen molar-refractivity contribution in [1.29, 1.82) is 0 Å². The van der Waals surface area contributed by atoms with Gasteiger partial charge in [0.15, 0.2) is 0 Å². The van der Waals surface area contributed by atoms with Crippen LogP contribution in [0.3, 0.4) is 0 Å². The van der Waals surface area contributed by atoms with Crippen LogP contribution >= 0.6 is 23.2 Å². The fourth-order valence-corrected chi connectivity index (χ4v) is 2.23. The van der Waals surface area contributed by atoms with E-state index in [1.807, 2.05) is 24.3 Å². The number of pyridine rings is 1. The third-order valence-electron chi connectivity index (χ3n) is 2.81. The number of carbonyl (C=O) groups is 1. The molecular formula is C15H14Cl2N2O. The molecule has 1 N–H and O–H groups in total. The van der Waals surface area contributed by atoms with Crippen molar-refractivity contribution in [3.63, 3.8) is 0 Å². The van der Waals surface area contributed by atoms with E-state index in [2.05, 4.69) is 17.2 Å². The number of carbonyl (C=O) groups excluding carboxylic acids is 1. The highest BCUT2D eigenvalue weighted by atomic mass is 35.5. The highest BCUT2D eigenvalue weighted by Crippen LogP contribution is 2.21. The van der Waals surface area contributed by atoms with E-state index in [-0.39, 0.29) is 21.8 Å². The molecule has 0 atom stereocenters. The van der Waals surface area contributed by atoms with Gasteiger partial charge in [0, 0.05) is 5.69 Å². The molecule has 1 aromatic heterocycles. The Morgan fingerprint density at radius 2 is 1.95 bits per heavy atom. The number of aromatic nitrogens is 1. The topological polar surface area (TPSA) is 42.0 Å². The molecule has 0 saturated heterocycles. The summed E-state index contributed by atoms with van der Waals surface area (Å²) < 4.78 is 0. The summed E-state index contributed by atoms with van der Waals surface area (Å²) in [6, 6.07) is 10.8. The zero-order valence-corrected chi connectivity index (χ0v) is 12.5. The number of rotatable bonds is 4. The second-order valence-electron chi connectivity index (χ2n) is 4.33. The molecule has 1 amide bonds. The van der Waals surface area contributed by atoms with Gasteiger partial charge >= 0.3 is 0 Å². The molecule has 0 radical (unpaired) electrons. The summed E-state index contributed by atoms with van der Waals surface area (Å²) in [7, 11) is 0. The van der Waals surface area contributed by atoms with Crippen LogP contribution in [0, 0.1) is 0 Å². The van der Waals surface area contributed by atoms with Crippen LogP contribution in [0.1, 0.15) is 29.4 Å². The minimum Gasteiger partial charge on any atom is -0.320 e. The number of hydrogen-bond donors (Lipinski definition) is 1. The lowest BCUT2D eigenvalue weighted by molar-refractivity contribution is 0.102. The summed E-state index contributed by atoms with van der Waals surface area (Å²) >= 11 is 11.8.